The van der Waals surface area contributed by atoms with Crippen molar-refractivity contribution in [2.45, 2.75) is 6.92 Å². The molecule has 20 heavy (non-hydrogen) atoms. The molecule has 0 aliphatic heterocycles. The predicted octanol–water partition coefficient (Wildman–Crippen LogP) is 1.38. The average molecular weight is 283 g/mol. The predicted molar refractivity (Wildman–Crippen MR) is 71.6 cm³/mol. The van der Waals surface area contributed by atoms with Crippen LogP contribution in [0.4, 0.5) is 5.69 Å². The molecule has 7 nitrogen and oxygen atoms in total. The number of carboxylic acid groups (broad SMARTS) is 1. The number of amides is 1. The first-order valence-electron chi connectivity index (χ1n) is 5.90. The van der Waals surface area contributed by atoms with Gasteiger partial charge < -0.3 is 24.6 Å². The summed E-state index contributed by atoms with van der Waals surface area (Å²) in [5.74, 6) is -1.03. The number of carbonyl (C=O) groups is 2. The van der Waals surface area contributed by atoms with Gasteiger partial charge in [0.25, 0.3) is 0 Å². The van der Waals surface area contributed by atoms with Crippen LogP contribution in [0.25, 0.3) is 0 Å². The highest BCUT2D eigenvalue weighted by Crippen LogP contribution is 2.33. The van der Waals surface area contributed by atoms with Gasteiger partial charge in [-0.25, -0.2) is 4.79 Å². The number of hydrogen-bond acceptors (Lipinski definition) is 5. The van der Waals surface area contributed by atoms with E-state index in [0.717, 1.165) is 0 Å². The van der Waals surface area contributed by atoms with E-state index >= 15 is 0 Å². The standard InChI is InChI=1S/C13H17NO6/c1-4-20-7-12(15)14-9-6-11(19-3)10(18-2)5-8(9)13(16)17/h5-6H,4,7H2,1-3H3,(H,14,15)(H,16,17). The number of carbonyl (C=O) groups excluding carboxylic acids is 1. The first-order valence-corrected chi connectivity index (χ1v) is 5.90. The molecule has 1 aromatic carbocycles. The molecule has 0 saturated heterocycles. The number of methoxy groups -OCH3 is 2. The van der Waals surface area contributed by atoms with Gasteiger partial charge in [0.1, 0.15) is 6.61 Å². The number of rotatable bonds is 7. The highest BCUT2D eigenvalue weighted by molar-refractivity contribution is 6.01. The van der Waals surface area contributed by atoms with Gasteiger partial charge in [-0.2, -0.15) is 0 Å². The summed E-state index contributed by atoms with van der Waals surface area (Å²) < 4.78 is 15.1. The third kappa shape index (κ3) is 3.86. The summed E-state index contributed by atoms with van der Waals surface area (Å²) in [6.07, 6.45) is 0. The second-order valence-electron chi connectivity index (χ2n) is 3.74. The van der Waals surface area contributed by atoms with Gasteiger partial charge in [0, 0.05) is 18.7 Å². The van der Waals surface area contributed by atoms with Crippen molar-refractivity contribution in [1.82, 2.24) is 0 Å². The van der Waals surface area contributed by atoms with Gasteiger partial charge in [-0.15, -0.1) is 0 Å². The maximum atomic E-state index is 11.6. The lowest BCUT2D eigenvalue weighted by atomic mass is 10.1. The first-order chi connectivity index (χ1) is 9.53. The maximum Gasteiger partial charge on any atom is 0.337 e. The van der Waals surface area contributed by atoms with Crippen molar-refractivity contribution < 1.29 is 28.9 Å². The van der Waals surface area contributed by atoms with Crippen LogP contribution < -0.4 is 14.8 Å². The van der Waals surface area contributed by atoms with E-state index in [1.54, 1.807) is 6.92 Å². The molecule has 0 bridgehead atoms. The van der Waals surface area contributed by atoms with Gasteiger partial charge in [-0.1, -0.05) is 0 Å². The fraction of sp³-hybridized carbons (Fsp3) is 0.385. The van der Waals surface area contributed by atoms with Crippen LogP contribution in [0.2, 0.25) is 0 Å². The molecule has 0 fully saturated rings. The summed E-state index contributed by atoms with van der Waals surface area (Å²) in [5, 5.41) is 11.6. The van der Waals surface area contributed by atoms with Crippen molar-refractivity contribution >= 4 is 17.6 Å². The average Bonchev–Trinajstić information content (AvgIpc) is 2.44. The molecule has 1 rings (SSSR count). The van der Waals surface area contributed by atoms with E-state index in [9.17, 15) is 9.59 Å². The SMILES string of the molecule is CCOCC(=O)Nc1cc(OC)c(OC)cc1C(=O)O. The Kier molecular flexibility index (Phi) is 5.79. The molecule has 0 unspecified atom stereocenters. The summed E-state index contributed by atoms with van der Waals surface area (Å²) in [5.41, 5.74) is 0.0346. The van der Waals surface area contributed by atoms with E-state index in [2.05, 4.69) is 5.32 Å². The third-order valence-corrected chi connectivity index (χ3v) is 2.47. The molecule has 110 valence electrons. The zero-order valence-electron chi connectivity index (χ0n) is 11.6. The number of carboxylic acids is 1. The molecule has 7 heteroatoms. The summed E-state index contributed by atoms with van der Waals surface area (Å²) in [4.78, 5) is 22.8. The Bertz CT molecular complexity index is 500. The Balaban J connectivity index is 3.09. The molecule has 2 N–H and O–H groups in total. The Morgan fingerprint density at radius 2 is 1.80 bits per heavy atom. The maximum absolute atomic E-state index is 11.6. The zero-order chi connectivity index (χ0) is 15.1. The lowest BCUT2D eigenvalue weighted by molar-refractivity contribution is -0.120. The molecule has 0 saturated carbocycles. The molecule has 0 spiro atoms. The molecule has 0 aromatic heterocycles. The smallest absolute Gasteiger partial charge is 0.337 e. The van der Waals surface area contributed by atoms with Crippen LogP contribution in [-0.4, -0.2) is 44.4 Å². The second kappa shape index (κ2) is 7.34. The van der Waals surface area contributed by atoms with Gasteiger partial charge >= 0.3 is 5.97 Å². The van der Waals surface area contributed by atoms with E-state index in [0.29, 0.717) is 12.4 Å². The van der Waals surface area contributed by atoms with Crippen LogP contribution in [0.3, 0.4) is 0 Å². The van der Waals surface area contributed by atoms with E-state index in [4.69, 9.17) is 19.3 Å². The molecule has 1 amide bonds. The van der Waals surface area contributed by atoms with Crippen LogP contribution in [0.15, 0.2) is 12.1 Å². The number of benzene rings is 1. The fourth-order valence-corrected chi connectivity index (χ4v) is 1.54. The Labute approximate surface area is 116 Å². The van der Waals surface area contributed by atoms with Crippen molar-refractivity contribution in [2.75, 3.05) is 32.8 Å². The topological polar surface area (TPSA) is 94.1 Å². The van der Waals surface area contributed by atoms with E-state index in [-0.39, 0.29) is 23.6 Å². The van der Waals surface area contributed by atoms with Crippen LogP contribution in [0, 0.1) is 0 Å². The van der Waals surface area contributed by atoms with E-state index < -0.39 is 11.9 Å². The molecule has 0 aliphatic carbocycles. The summed E-state index contributed by atoms with van der Waals surface area (Å²) in [6.45, 7) is 2.00. The zero-order valence-corrected chi connectivity index (χ0v) is 11.6. The van der Waals surface area contributed by atoms with Crippen LogP contribution in [0.5, 0.6) is 11.5 Å². The second-order valence-corrected chi connectivity index (χ2v) is 3.74. The molecular formula is C13H17NO6. The minimum absolute atomic E-state index is 0.0903. The first kappa shape index (κ1) is 15.8. The number of anilines is 1. The molecule has 0 radical (unpaired) electrons. The fourth-order valence-electron chi connectivity index (χ4n) is 1.54. The minimum atomic E-state index is -1.18. The van der Waals surface area contributed by atoms with Crippen LogP contribution in [0.1, 0.15) is 17.3 Å². The Hall–Kier alpha value is -2.28. The number of nitrogens with one attached hydrogen (secondary N) is 1. The third-order valence-electron chi connectivity index (χ3n) is 2.47. The van der Waals surface area contributed by atoms with Crippen molar-refractivity contribution in [1.29, 1.82) is 0 Å². The van der Waals surface area contributed by atoms with E-state index in [1.807, 2.05) is 0 Å². The quantitative estimate of drug-likeness (QED) is 0.785. The number of aromatic carboxylic acids is 1. The number of hydrogen-bond donors (Lipinski definition) is 2. The highest BCUT2D eigenvalue weighted by Gasteiger charge is 2.17. The van der Waals surface area contributed by atoms with Crippen LogP contribution >= 0.6 is 0 Å². The Morgan fingerprint density at radius 3 is 2.30 bits per heavy atom. The molecule has 1 aromatic rings. The van der Waals surface area contributed by atoms with Crippen LogP contribution in [-0.2, 0) is 9.53 Å². The number of ether oxygens (including phenoxy) is 3. The summed E-state index contributed by atoms with van der Waals surface area (Å²) in [7, 11) is 2.82. The summed E-state index contributed by atoms with van der Waals surface area (Å²) in [6, 6.07) is 2.68. The van der Waals surface area contributed by atoms with Gasteiger partial charge in [-0.05, 0) is 6.92 Å². The molecule has 0 atom stereocenters. The molecular weight excluding hydrogens is 266 g/mol. The molecule has 0 aliphatic rings. The van der Waals surface area contributed by atoms with E-state index in [1.165, 1.54) is 26.4 Å². The lowest BCUT2D eigenvalue weighted by Crippen LogP contribution is -2.20. The largest absolute Gasteiger partial charge is 0.493 e. The van der Waals surface area contributed by atoms with Gasteiger partial charge in [0.15, 0.2) is 11.5 Å². The monoisotopic (exact) mass is 283 g/mol. The van der Waals surface area contributed by atoms with Crippen molar-refractivity contribution in [3.05, 3.63) is 17.7 Å². The lowest BCUT2D eigenvalue weighted by Gasteiger charge is -2.13. The van der Waals surface area contributed by atoms with Gasteiger partial charge in [0.05, 0.1) is 25.5 Å². The Morgan fingerprint density at radius 1 is 1.20 bits per heavy atom. The summed E-state index contributed by atoms with van der Waals surface area (Å²) >= 11 is 0. The minimum Gasteiger partial charge on any atom is -0.493 e. The highest BCUT2D eigenvalue weighted by atomic mass is 16.5. The van der Waals surface area contributed by atoms with Crippen molar-refractivity contribution in [3.8, 4) is 11.5 Å². The van der Waals surface area contributed by atoms with Crippen molar-refractivity contribution in [2.24, 2.45) is 0 Å². The normalized spacial score (nSPS) is 9.95. The van der Waals surface area contributed by atoms with Gasteiger partial charge in [-0.3, -0.25) is 4.79 Å². The molecule has 0 heterocycles. The van der Waals surface area contributed by atoms with Gasteiger partial charge in [0.2, 0.25) is 5.91 Å². The van der Waals surface area contributed by atoms with Crippen molar-refractivity contribution in [3.63, 3.8) is 0 Å².